The van der Waals surface area contributed by atoms with Gasteiger partial charge in [-0.2, -0.15) is 11.8 Å². The van der Waals surface area contributed by atoms with Gasteiger partial charge in [0, 0.05) is 23.8 Å². The Morgan fingerprint density at radius 1 is 1.35 bits per heavy atom. The lowest BCUT2D eigenvalue weighted by molar-refractivity contribution is -0.114. The fraction of sp³-hybridized carbons (Fsp3) is 0.529. The van der Waals surface area contributed by atoms with Crippen LogP contribution in [0.2, 0.25) is 0 Å². The molecule has 2 rings (SSSR count). The Labute approximate surface area is 140 Å². The highest BCUT2D eigenvalue weighted by Crippen LogP contribution is 2.28. The molecule has 1 aliphatic rings. The molecule has 2 N–H and O–H groups in total. The van der Waals surface area contributed by atoms with Crippen LogP contribution in [0, 0.1) is 5.82 Å². The number of thioether (sulfide) groups is 1. The predicted octanol–water partition coefficient (Wildman–Crippen LogP) is 3.58. The van der Waals surface area contributed by atoms with Crippen molar-refractivity contribution in [2.75, 3.05) is 11.1 Å². The molecule has 6 heteroatoms. The zero-order chi connectivity index (χ0) is 16.8. The second kappa shape index (κ2) is 8.34. The van der Waals surface area contributed by atoms with Gasteiger partial charge < -0.3 is 10.6 Å². The summed E-state index contributed by atoms with van der Waals surface area (Å²) in [5.41, 5.74) is 0.397. The van der Waals surface area contributed by atoms with E-state index < -0.39 is 5.82 Å². The van der Waals surface area contributed by atoms with Gasteiger partial charge in [-0.25, -0.2) is 4.39 Å². The minimum Gasteiger partial charge on any atom is -0.349 e. The summed E-state index contributed by atoms with van der Waals surface area (Å²) in [4.78, 5) is 23.5. The summed E-state index contributed by atoms with van der Waals surface area (Å²) in [6.45, 7) is 3.45. The zero-order valence-electron chi connectivity index (χ0n) is 13.5. The molecule has 0 saturated heterocycles. The van der Waals surface area contributed by atoms with E-state index in [1.807, 2.05) is 11.8 Å². The number of amides is 2. The van der Waals surface area contributed by atoms with Crippen molar-refractivity contribution in [1.82, 2.24) is 5.32 Å². The normalized spacial score (nSPS) is 20.8. The van der Waals surface area contributed by atoms with Gasteiger partial charge in [-0.3, -0.25) is 9.59 Å². The van der Waals surface area contributed by atoms with E-state index in [0.29, 0.717) is 10.8 Å². The van der Waals surface area contributed by atoms with Crippen molar-refractivity contribution in [1.29, 1.82) is 0 Å². The molecule has 1 aliphatic carbocycles. The van der Waals surface area contributed by atoms with Crippen LogP contribution in [-0.2, 0) is 4.79 Å². The lowest BCUT2D eigenvalue weighted by Crippen LogP contribution is -2.39. The molecular weight excluding hydrogens is 315 g/mol. The minimum absolute atomic E-state index is 0.0354. The molecular formula is C17H23FN2O2S. The van der Waals surface area contributed by atoms with Crippen LogP contribution >= 0.6 is 11.8 Å². The number of nitrogens with one attached hydrogen (secondary N) is 2. The summed E-state index contributed by atoms with van der Waals surface area (Å²) < 4.78 is 13.6. The van der Waals surface area contributed by atoms with Gasteiger partial charge in [-0.1, -0.05) is 13.3 Å². The van der Waals surface area contributed by atoms with Crippen molar-refractivity contribution in [2.45, 2.75) is 50.8 Å². The molecule has 1 saturated carbocycles. The van der Waals surface area contributed by atoms with Crippen molar-refractivity contribution < 1.29 is 14.0 Å². The minimum atomic E-state index is -0.547. The first-order chi connectivity index (χ1) is 11.0. The maximum Gasteiger partial charge on any atom is 0.251 e. The molecule has 23 heavy (non-hydrogen) atoms. The molecule has 0 heterocycles. The number of rotatable bonds is 5. The average Bonchev–Trinajstić information content (AvgIpc) is 2.49. The molecule has 0 bridgehead atoms. The van der Waals surface area contributed by atoms with Crippen molar-refractivity contribution >= 4 is 29.3 Å². The molecule has 0 spiro atoms. The second-order valence-electron chi connectivity index (χ2n) is 5.79. The second-order valence-corrected chi connectivity index (χ2v) is 7.37. The first kappa shape index (κ1) is 17.8. The fourth-order valence-corrected chi connectivity index (χ4v) is 4.06. The molecule has 2 atom stereocenters. The molecule has 1 aromatic carbocycles. The molecule has 0 unspecified atom stereocenters. The van der Waals surface area contributed by atoms with Crippen LogP contribution in [0.1, 0.15) is 49.9 Å². The molecule has 0 aliphatic heterocycles. The molecule has 126 valence electrons. The van der Waals surface area contributed by atoms with Crippen LogP contribution < -0.4 is 10.6 Å². The zero-order valence-corrected chi connectivity index (χ0v) is 14.3. The van der Waals surface area contributed by atoms with Crippen molar-refractivity contribution in [3.05, 3.63) is 29.6 Å². The molecule has 2 amide bonds. The summed E-state index contributed by atoms with van der Waals surface area (Å²) in [6.07, 6.45) is 4.27. The number of halogens is 1. The number of hydrogen-bond acceptors (Lipinski definition) is 3. The molecule has 0 radical (unpaired) electrons. The summed E-state index contributed by atoms with van der Waals surface area (Å²) in [7, 11) is 0. The molecule has 0 aromatic heterocycles. The first-order valence-electron chi connectivity index (χ1n) is 7.99. The van der Waals surface area contributed by atoms with E-state index in [4.69, 9.17) is 0 Å². The van der Waals surface area contributed by atoms with Crippen molar-refractivity contribution in [3.8, 4) is 0 Å². The quantitative estimate of drug-likeness (QED) is 0.863. The Morgan fingerprint density at radius 2 is 2.13 bits per heavy atom. The van der Waals surface area contributed by atoms with Gasteiger partial charge in [-0.15, -0.1) is 0 Å². The lowest BCUT2D eigenvalue weighted by Gasteiger charge is -2.29. The number of hydrogen-bond donors (Lipinski definition) is 2. The van der Waals surface area contributed by atoms with Gasteiger partial charge in [0.1, 0.15) is 5.82 Å². The van der Waals surface area contributed by atoms with E-state index in [9.17, 15) is 14.0 Å². The van der Waals surface area contributed by atoms with Gasteiger partial charge in [0.25, 0.3) is 5.91 Å². The van der Waals surface area contributed by atoms with Crippen LogP contribution in [-0.4, -0.2) is 28.9 Å². The van der Waals surface area contributed by atoms with Gasteiger partial charge in [0.2, 0.25) is 5.91 Å². The van der Waals surface area contributed by atoms with E-state index in [-0.39, 0.29) is 23.5 Å². The van der Waals surface area contributed by atoms with Crippen molar-refractivity contribution in [2.24, 2.45) is 0 Å². The largest absolute Gasteiger partial charge is 0.349 e. The Hall–Kier alpha value is -1.56. The summed E-state index contributed by atoms with van der Waals surface area (Å²) in [6, 6.07) is 4.19. The Balaban J connectivity index is 2.01. The van der Waals surface area contributed by atoms with Gasteiger partial charge >= 0.3 is 0 Å². The van der Waals surface area contributed by atoms with Gasteiger partial charge in [0.05, 0.1) is 5.69 Å². The number of carbonyl (C=O) groups excluding carboxylic acids is 2. The summed E-state index contributed by atoms with van der Waals surface area (Å²) >= 11 is 1.94. The smallest absolute Gasteiger partial charge is 0.251 e. The highest BCUT2D eigenvalue weighted by molar-refractivity contribution is 7.99. The SMILES string of the molecule is CCS[C@@H]1CCC[C@H](NC(=O)c2ccc(F)c(NC(C)=O)c2)C1. The van der Waals surface area contributed by atoms with E-state index in [2.05, 4.69) is 17.6 Å². The number of benzene rings is 1. The van der Waals surface area contributed by atoms with Crippen LogP contribution in [0.4, 0.5) is 10.1 Å². The summed E-state index contributed by atoms with van der Waals surface area (Å²) in [5.74, 6) is -0.0469. The highest BCUT2D eigenvalue weighted by Gasteiger charge is 2.23. The Morgan fingerprint density at radius 3 is 2.83 bits per heavy atom. The van der Waals surface area contributed by atoms with E-state index in [0.717, 1.165) is 25.0 Å². The first-order valence-corrected chi connectivity index (χ1v) is 9.04. The topological polar surface area (TPSA) is 58.2 Å². The number of carbonyl (C=O) groups is 2. The van der Waals surface area contributed by atoms with Crippen LogP contribution in [0.15, 0.2) is 18.2 Å². The van der Waals surface area contributed by atoms with Crippen LogP contribution in [0.5, 0.6) is 0 Å². The van der Waals surface area contributed by atoms with Crippen LogP contribution in [0.25, 0.3) is 0 Å². The number of anilines is 1. The Bertz CT molecular complexity index is 578. The molecule has 4 nitrogen and oxygen atoms in total. The maximum absolute atomic E-state index is 13.6. The van der Waals surface area contributed by atoms with E-state index >= 15 is 0 Å². The third-order valence-electron chi connectivity index (χ3n) is 3.90. The molecule has 1 fully saturated rings. The highest BCUT2D eigenvalue weighted by atomic mass is 32.2. The van der Waals surface area contributed by atoms with Crippen LogP contribution in [0.3, 0.4) is 0 Å². The molecule has 1 aromatic rings. The van der Waals surface area contributed by atoms with Gasteiger partial charge in [0.15, 0.2) is 0 Å². The van der Waals surface area contributed by atoms with Crippen molar-refractivity contribution in [3.63, 3.8) is 0 Å². The summed E-state index contributed by atoms with van der Waals surface area (Å²) in [5, 5.41) is 6.03. The monoisotopic (exact) mass is 338 g/mol. The third-order valence-corrected chi connectivity index (χ3v) is 5.14. The fourth-order valence-electron chi connectivity index (χ4n) is 2.88. The Kier molecular flexibility index (Phi) is 6.45. The predicted molar refractivity (Wildman–Crippen MR) is 92.3 cm³/mol. The average molecular weight is 338 g/mol. The van der Waals surface area contributed by atoms with E-state index in [1.54, 1.807) is 0 Å². The van der Waals surface area contributed by atoms with Gasteiger partial charge in [-0.05, 0) is 43.2 Å². The third kappa shape index (κ3) is 5.23. The maximum atomic E-state index is 13.6. The van der Waals surface area contributed by atoms with E-state index in [1.165, 1.54) is 31.5 Å². The standard InChI is InChI=1S/C17H23FN2O2S/c1-3-23-14-6-4-5-13(10-14)20-17(22)12-7-8-15(18)16(9-12)19-11(2)21/h7-9,13-14H,3-6,10H2,1-2H3,(H,19,21)(H,20,22)/t13-,14+/m0/s1. The lowest BCUT2D eigenvalue weighted by atomic mass is 9.94.